The third-order valence-electron chi connectivity index (χ3n) is 4.40. The maximum Gasteiger partial charge on any atom is 0.220 e. The van der Waals surface area contributed by atoms with E-state index in [4.69, 9.17) is 5.26 Å². The lowest BCUT2D eigenvalue weighted by molar-refractivity contribution is -0.125. The van der Waals surface area contributed by atoms with E-state index in [1.54, 1.807) is 6.07 Å². The molecule has 2 unspecified atom stereocenters. The van der Waals surface area contributed by atoms with Crippen molar-refractivity contribution < 1.29 is 9.18 Å². The molecule has 2 aliphatic rings. The summed E-state index contributed by atoms with van der Waals surface area (Å²) in [6.07, 6.45) is 2.48. The Kier molecular flexibility index (Phi) is 3.89. The largest absolute Gasteiger partial charge is 0.353 e. The van der Waals surface area contributed by atoms with Gasteiger partial charge in [-0.25, -0.2) is 4.39 Å². The van der Waals surface area contributed by atoms with Crippen molar-refractivity contribution >= 4 is 5.91 Å². The van der Waals surface area contributed by atoms with Crippen molar-refractivity contribution in [1.82, 2.24) is 10.2 Å². The van der Waals surface area contributed by atoms with Crippen molar-refractivity contribution in [1.29, 1.82) is 5.26 Å². The van der Waals surface area contributed by atoms with E-state index >= 15 is 0 Å². The summed E-state index contributed by atoms with van der Waals surface area (Å²) in [5.41, 5.74) is 1.20. The van der Waals surface area contributed by atoms with Gasteiger partial charge < -0.3 is 5.32 Å². The molecule has 110 valence electrons. The predicted molar refractivity (Wildman–Crippen MR) is 75.7 cm³/mol. The number of carbonyl (C=O) groups is 1. The molecule has 2 heterocycles. The van der Waals surface area contributed by atoms with E-state index in [0.29, 0.717) is 30.5 Å². The molecule has 2 atom stereocenters. The summed E-state index contributed by atoms with van der Waals surface area (Å²) in [6, 6.07) is 6.79. The third-order valence-corrected chi connectivity index (χ3v) is 4.40. The summed E-state index contributed by atoms with van der Waals surface area (Å²) in [4.78, 5) is 13.7. The molecule has 4 nitrogen and oxygen atoms in total. The van der Waals surface area contributed by atoms with Crippen LogP contribution in [0.4, 0.5) is 4.39 Å². The van der Waals surface area contributed by atoms with Crippen LogP contribution in [0.2, 0.25) is 0 Å². The number of halogens is 1. The van der Waals surface area contributed by atoms with Crippen molar-refractivity contribution in [2.75, 3.05) is 13.1 Å². The maximum atomic E-state index is 13.5. The number of carbonyl (C=O) groups excluding carboxylic acids is 1. The number of nitrogens with one attached hydrogen (secondary N) is 1. The first-order chi connectivity index (χ1) is 10.1. The second kappa shape index (κ2) is 5.82. The molecule has 2 aliphatic heterocycles. The number of likely N-dealkylation sites (tertiary alicyclic amines) is 1. The molecule has 0 spiro atoms. The van der Waals surface area contributed by atoms with E-state index in [1.165, 1.54) is 12.1 Å². The van der Waals surface area contributed by atoms with Gasteiger partial charge in [-0.15, -0.1) is 0 Å². The molecule has 2 saturated heterocycles. The van der Waals surface area contributed by atoms with E-state index < -0.39 is 0 Å². The fourth-order valence-electron chi connectivity index (χ4n) is 3.39. The molecular formula is C16H18FN3O. The summed E-state index contributed by atoms with van der Waals surface area (Å²) in [5.74, 6) is 0.290. The Labute approximate surface area is 123 Å². The van der Waals surface area contributed by atoms with Gasteiger partial charge in [0.1, 0.15) is 5.82 Å². The van der Waals surface area contributed by atoms with Gasteiger partial charge in [-0.2, -0.15) is 5.26 Å². The summed E-state index contributed by atoms with van der Waals surface area (Å²) < 4.78 is 13.5. The first-order valence-electron chi connectivity index (χ1n) is 7.35. The molecule has 1 aromatic rings. The first kappa shape index (κ1) is 14.0. The van der Waals surface area contributed by atoms with E-state index in [-0.39, 0.29) is 11.7 Å². The van der Waals surface area contributed by atoms with E-state index in [9.17, 15) is 9.18 Å². The maximum absolute atomic E-state index is 13.5. The summed E-state index contributed by atoms with van der Waals surface area (Å²) in [5, 5.41) is 12.0. The number of nitrogens with zero attached hydrogens (tertiary/aromatic N) is 2. The zero-order valence-electron chi connectivity index (χ0n) is 11.8. The van der Waals surface area contributed by atoms with Gasteiger partial charge in [0, 0.05) is 32.1 Å². The monoisotopic (exact) mass is 287 g/mol. The van der Waals surface area contributed by atoms with Gasteiger partial charge in [0.05, 0.1) is 11.6 Å². The first-order valence-corrected chi connectivity index (χ1v) is 7.35. The Morgan fingerprint density at radius 2 is 2.24 bits per heavy atom. The van der Waals surface area contributed by atoms with Crippen LogP contribution >= 0.6 is 0 Å². The Hall–Kier alpha value is -1.93. The van der Waals surface area contributed by atoms with Crippen LogP contribution in [0.3, 0.4) is 0 Å². The van der Waals surface area contributed by atoms with Crippen molar-refractivity contribution in [2.45, 2.75) is 31.8 Å². The highest BCUT2D eigenvalue weighted by Gasteiger charge is 2.33. The lowest BCUT2D eigenvalue weighted by atomic mass is 9.85. The highest BCUT2D eigenvalue weighted by molar-refractivity contribution is 5.77. The van der Waals surface area contributed by atoms with Crippen LogP contribution in [-0.2, 0) is 11.3 Å². The quantitative estimate of drug-likeness (QED) is 0.902. The van der Waals surface area contributed by atoms with E-state index in [2.05, 4.69) is 10.2 Å². The van der Waals surface area contributed by atoms with Gasteiger partial charge in [0.2, 0.25) is 5.91 Å². The fraction of sp³-hybridized carbons (Fsp3) is 0.500. The second-order valence-electron chi connectivity index (χ2n) is 5.96. The van der Waals surface area contributed by atoms with Crippen LogP contribution in [0.5, 0.6) is 0 Å². The number of nitriles is 1. The Morgan fingerprint density at radius 3 is 3.05 bits per heavy atom. The molecule has 0 saturated carbocycles. The molecule has 0 radical (unpaired) electrons. The van der Waals surface area contributed by atoms with Gasteiger partial charge >= 0.3 is 0 Å². The summed E-state index contributed by atoms with van der Waals surface area (Å²) in [6.45, 7) is 2.47. The van der Waals surface area contributed by atoms with Gasteiger partial charge in [0.25, 0.3) is 0 Å². The number of amides is 1. The molecule has 1 amide bonds. The topological polar surface area (TPSA) is 56.1 Å². The highest BCUT2D eigenvalue weighted by Crippen LogP contribution is 2.26. The zero-order chi connectivity index (χ0) is 14.8. The summed E-state index contributed by atoms with van der Waals surface area (Å²) >= 11 is 0. The lowest BCUT2D eigenvalue weighted by Gasteiger charge is -2.41. The Bertz CT molecular complexity index is 596. The summed E-state index contributed by atoms with van der Waals surface area (Å²) in [7, 11) is 0. The van der Waals surface area contributed by atoms with Crippen LogP contribution < -0.4 is 5.32 Å². The molecular weight excluding hydrogens is 269 g/mol. The predicted octanol–water partition coefficient (Wildman–Crippen LogP) is 1.80. The van der Waals surface area contributed by atoms with Gasteiger partial charge in [-0.05, 0) is 42.5 Å². The standard InChI is InChI=1S/C16H18FN3O/c17-14-6-11(8-18)5-12(7-14)9-20-4-3-15-13(10-20)1-2-16(21)19-15/h5-7,13,15H,1-4,9-10H2,(H,19,21). The van der Waals surface area contributed by atoms with Crippen LogP contribution in [0.25, 0.3) is 0 Å². The molecule has 5 heteroatoms. The number of hydrogen-bond acceptors (Lipinski definition) is 3. The molecule has 3 rings (SSSR count). The second-order valence-corrected chi connectivity index (χ2v) is 5.96. The molecule has 21 heavy (non-hydrogen) atoms. The molecule has 1 aromatic carbocycles. The van der Waals surface area contributed by atoms with Crippen molar-refractivity contribution in [2.24, 2.45) is 5.92 Å². The van der Waals surface area contributed by atoms with Crippen LogP contribution in [0.15, 0.2) is 18.2 Å². The number of fused-ring (bicyclic) bond motifs is 1. The lowest BCUT2D eigenvalue weighted by Crippen LogP contribution is -2.53. The van der Waals surface area contributed by atoms with Gasteiger partial charge in [-0.1, -0.05) is 0 Å². The molecule has 2 fully saturated rings. The van der Waals surface area contributed by atoms with Gasteiger partial charge in [0.15, 0.2) is 0 Å². The SMILES string of the molecule is N#Cc1cc(F)cc(CN2CCC3NC(=O)CCC3C2)c1. The average Bonchev–Trinajstić information content (AvgIpc) is 2.47. The highest BCUT2D eigenvalue weighted by atomic mass is 19.1. The molecule has 0 bridgehead atoms. The van der Waals surface area contributed by atoms with E-state index in [0.717, 1.165) is 31.5 Å². The number of benzene rings is 1. The van der Waals surface area contributed by atoms with Gasteiger partial charge in [-0.3, -0.25) is 9.69 Å². The minimum absolute atomic E-state index is 0.161. The number of rotatable bonds is 2. The molecule has 0 aromatic heterocycles. The molecule has 1 N–H and O–H groups in total. The van der Waals surface area contributed by atoms with Crippen molar-refractivity contribution in [3.63, 3.8) is 0 Å². The van der Waals surface area contributed by atoms with E-state index in [1.807, 2.05) is 6.07 Å². The van der Waals surface area contributed by atoms with Crippen LogP contribution in [0, 0.1) is 23.1 Å². The minimum atomic E-state index is -0.358. The smallest absolute Gasteiger partial charge is 0.220 e. The van der Waals surface area contributed by atoms with Crippen LogP contribution in [-0.4, -0.2) is 29.9 Å². The van der Waals surface area contributed by atoms with Crippen LogP contribution in [0.1, 0.15) is 30.4 Å². The third kappa shape index (κ3) is 3.22. The fourth-order valence-corrected chi connectivity index (χ4v) is 3.39. The minimum Gasteiger partial charge on any atom is -0.353 e. The zero-order valence-corrected chi connectivity index (χ0v) is 11.8. The normalized spacial score (nSPS) is 25.8. The number of piperidine rings is 2. The number of hydrogen-bond donors (Lipinski definition) is 1. The van der Waals surface area contributed by atoms with Crippen molar-refractivity contribution in [3.05, 3.63) is 35.1 Å². The van der Waals surface area contributed by atoms with Crippen molar-refractivity contribution in [3.8, 4) is 6.07 Å². The molecule has 0 aliphatic carbocycles. The Morgan fingerprint density at radius 1 is 1.38 bits per heavy atom. The average molecular weight is 287 g/mol. The Balaban J connectivity index is 1.66.